The Labute approximate surface area is 159 Å². The van der Waals surface area contributed by atoms with E-state index in [2.05, 4.69) is 12.2 Å². The van der Waals surface area contributed by atoms with Gasteiger partial charge >= 0.3 is 0 Å². The van der Waals surface area contributed by atoms with Crippen molar-refractivity contribution in [1.82, 2.24) is 0 Å². The molecule has 0 unspecified atom stereocenters. The SMILES string of the molecule is CCc1cccc(OCC(=O)Nc2ccc(OCc3ccccc3)cc2)c1. The molecule has 4 heteroatoms. The van der Waals surface area contributed by atoms with Crippen LogP contribution in [0.2, 0.25) is 0 Å². The zero-order valence-corrected chi connectivity index (χ0v) is 15.4. The number of anilines is 1. The second kappa shape index (κ2) is 9.43. The van der Waals surface area contributed by atoms with Crippen molar-refractivity contribution in [1.29, 1.82) is 0 Å². The van der Waals surface area contributed by atoms with E-state index in [0.29, 0.717) is 18.0 Å². The molecule has 0 aliphatic carbocycles. The van der Waals surface area contributed by atoms with Gasteiger partial charge in [0.15, 0.2) is 6.61 Å². The Morgan fingerprint density at radius 3 is 2.30 bits per heavy atom. The second-order valence-corrected chi connectivity index (χ2v) is 6.14. The molecule has 0 aliphatic rings. The van der Waals surface area contributed by atoms with Crippen LogP contribution in [-0.4, -0.2) is 12.5 Å². The van der Waals surface area contributed by atoms with E-state index in [1.165, 1.54) is 5.56 Å². The minimum atomic E-state index is -0.199. The number of nitrogens with one attached hydrogen (secondary N) is 1. The van der Waals surface area contributed by atoms with Gasteiger partial charge in [0, 0.05) is 5.69 Å². The van der Waals surface area contributed by atoms with Gasteiger partial charge in [0.05, 0.1) is 0 Å². The number of aryl methyl sites for hydroxylation is 1. The lowest BCUT2D eigenvalue weighted by Gasteiger charge is -2.10. The summed E-state index contributed by atoms with van der Waals surface area (Å²) in [6.07, 6.45) is 0.933. The van der Waals surface area contributed by atoms with Gasteiger partial charge in [-0.15, -0.1) is 0 Å². The van der Waals surface area contributed by atoms with E-state index in [1.54, 1.807) is 0 Å². The summed E-state index contributed by atoms with van der Waals surface area (Å²) in [5.74, 6) is 1.26. The summed E-state index contributed by atoms with van der Waals surface area (Å²) in [7, 11) is 0. The zero-order valence-electron chi connectivity index (χ0n) is 15.4. The van der Waals surface area contributed by atoms with Crippen LogP contribution in [0, 0.1) is 0 Å². The first-order valence-electron chi connectivity index (χ1n) is 9.01. The van der Waals surface area contributed by atoms with Crippen LogP contribution in [0.25, 0.3) is 0 Å². The van der Waals surface area contributed by atoms with Gasteiger partial charge in [-0.25, -0.2) is 0 Å². The minimum Gasteiger partial charge on any atom is -0.489 e. The standard InChI is InChI=1S/C23H23NO3/c1-2-18-9-6-10-22(15-18)27-17-23(25)24-20-11-13-21(14-12-20)26-16-19-7-4-3-5-8-19/h3-15H,2,16-17H2,1H3,(H,24,25). The molecule has 3 rings (SSSR count). The van der Waals surface area contributed by atoms with Crippen LogP contribution in [-0.2, 0) is 17.8 Å². The molecule has 27 heavy (non-hydrogen) atoms. The van der Waals surface area contributed by atoms with Crippen LogP contribution in [0.4, 0.5) is 5.69 Å². The average molecular weight is 361 g/mol. The summed E-state index contributed by atoms with van der Waals surface area (Å²) in [5, 5.41) is 2.82. The van der Waals surface area contributed by atoms with Gasteiger partial charge in [-0.1, -0.05) is 49.4 Å². The summed E-state index contributed by atoms with van der Waals surface area (Å²) in [5.41, 5.74) is 3.00. The summed E-state index contributed by atoms with van der Waals surface area (Å²) in [6.45, 7) is 2.57. The first kappa shape index (κ1) is 18.5. The summed E-state index contributed by atoms with van der Waals surface area (Å²) < 4.78 is 11.3. The Bertz CT molecular complexity index is 860. The number of hydrogen-bond acceptors (Lipinski definition) is 3. The molecule has 0 atom stereocenters. The number of ether oxygens (including phenoxy) is 2. The first-order valence-corrected chi connectivity index (χ1v) is 9.01. The van der Waals surface area contributed by atoms with Crippen LogP contribution in [0.1, 0.15) is 18.1 Å². The van der Waals surface area contributed by atoms with Crippen molar-refractivity contribution >= 4 is 11.6 Å². The van der Waals surface area contributed by atoms with Crippen LogP contribution < -0.4 is 14.8 Å². The van der Waals surface area contributed by atoms with Crippen molar-refractivity contribution in [2.75, 3.05) is 11.9 Å². The van der Waals surface area contributed by atoms with Gasteiger partial charge in [-0.3, -0.25) is 4.79 Å². The maximum Gasteiger partial charge on any atom is 0.262 e. The topological polar surface area (TPSA) is 47.6 Å². The fourth-order valence-corrected chi connectivity index (χ4v) is 2.58. The molecule has 0 saturated carbocycles. The van der Waals surface area contributed by atoms with E-state index in [9.17, 15) is 4.79 Å². The molecule has 0 bridgehead atoms. The summed E-state index contributed by atoms with van der Waals surface area (Å²) in [4.78, 5) is 12.1. The third kappa shape index (κ3) is 5.89. The Balaban J connectivity index is 1.46. The molecule has 138 valence electrons. The average Bonchev–Trinajstić information content (AvgIpc) is 2.73. The molecule has 3 aromatic carbocycles. The number of carbonyl (C=O) groups excluding carboxylic acids is 1. The number of rotatable bonds is 8. The van der Waals surface area contributed by atoms with Gasteiger partial charge in [-0.05, 0) is 53.9 Å². The molecule has 3 aromatic rings. The highest BCUT2D eigenvalue weighted by Gasteiger charge is 2.05. The molecule has 1 N–H and O–H groups in total. The lowest BCUT2D eigenvalue weighted by atomic mass is 10.2. The monoisotopic (exact) mass is 361 g/mol. The first-order chi connectivity index (χ1) is 13.2. The molecule has 0 aliphatic heterocycles. The second-order valence-electron chi connectivity index (χ2n) is 6.14. The van der Waals surface area contributed by atoms with Crippen molar-refractivity contribution in [2.24, 2.45) is 0 Å². The Hall–Kier alpha value is -3.27. The van der Waals surface area contributed by atoms with Gasteiger partial charge < -0.3 is 14.8 Å². The third-order valence-corrected chi connectivity index (χ3v) is 4.06. The van der Waals surface area contributed by atoms with E-state index in [1.807, 2.05) is 78.9 Å². The van der Waals surface area contributed by atoms with Gasteiger partial charge in [0.1, 0.15) is 18.1 Å². The van der Waals surface area contributed by atoms with Crippen molar-refractivity contribution in [3.63, 3.8) is 0 Å². The van der Waals surface area contributed by atoms with Crippen molar-refractivity contribution in [3.8, 4) is 11.5 Å². The van der Waals surface area contributed by atoms with Crippen LogP contribution >= 0.6 is 0 Å². The van der Waals surface area contributed by atoms with E-state index in [4.69, 9.17) is 9.47 Å². The molecule has 0 aromatic heterocycles. The van der Waals surface area contributed by atoms with E-state index in [-0.39, 0.29) is 12.5 Å². The number of amides is 1. The number of hydrogen-bond donors (Lipinski definition) is 1. The van der Waals surface area contributed by atoms with E-state index in [0.717, 1.165) is 17.7 Å². The molecular formula is C23H23NO3. The smallest absolute Gasteiger partial charge is 0.262 e. The minimum absolute atomic E-state index is 0.0283. The Kier molecular flexibility index (Phi) is 6.47. The molecule has 0 radical (unpaired) electrons. The molecule has 0 spiro atoms. The molecule has 0 saturated heterocycles. The zero-order chi connectivity index (χ0) is 18.9. The Morgan fingerprint density at radius 1 is 0.815 bits per heavy atom. The largest absolute Gasteiger partial charge is 0.489 e. The van der Waals surface area contributed by atoms with Crippen molar-refractivity contribution in [3.05, 3.63) is 90.0 Å². The van der Waals surface area contributed by atoms with Gasteiger partial charge in [0.25, 0.3) is 5.91 Å². The highest BCUT2D eigenvalue weighted by Crippen LogP contribution is 2.18. The molecule has 0 heterocycles. The maximum absolute atomic E-state index is 12.1. The quantitative estimate of drug-likeness (QED) is 0.624. The van der Waals surface area contributed by atoms with Crippen molar-refractivity contribution < 1.29 is 14.3 Å². The predicted molar refractivity (Wildman–Crippen MR) is 107 cm³/mol. The Morgan fingerprint density at radius 2 is 1.56 bits per heavy atom. The number of carbonyl (C=O) groups is 1. The molecule has 4 nitrogen and oxygen atoms in total. The normalized spacial score (nSPS) is 10.3. The molecule has 1 amide bonds. The fourth-order valence-electron chi connectivity index (χ4n) is 2.58. The predicted octanol–water partition coefficient (Wildman–Crippen LogP) is 4.85. The summed E-state index contributed by atoms with van der Waals surface area (Å²) >= 11 is 0. The fraction of sp³-hybridized carbons (Fsp3) is 0.174. The van der Waals surface area contributed by atoms with Crippen LogP contribution in [0.5, 0.6) is 11.5 Å². The van der Waals surface area contributed by atoms with Crippen LogP contribution in [0.15, 0.2) is 78.9 Å². The van der Waals surface area contributed by atoms with Gasteiger partial charge in [0.2, 0.25) is 0 Å². The molecule has 0 fully saturated rings. The van der Waals surface area contributed by atoms with Gasteiger partial charge in [-0.2, -0.15) is 0 Å². The highest BCUT2D eigenvalue weighted by molar-refractivity contribution is 5.91. The number of benzene rings is 3. The maximum atomic E-state index is 12.1. The summed E-state index contributed by atoms with van der Waals surface area (Å²) in [6, 6.07) is 25.1. The van der Waals surface area contributed by atoms with E-state index >= 15 is 0 Å². The van der Waals surface area contributed by atoms with Crippen LogP contribution in [0.3, 0.4) is 0 Å². The van der Waals surface area contributed by atoms with Crippen molar-refractivity contribution in [2.45, 2.75) is 20.0 Å². The third-order valence-electron chi connectivity index (χ3n) is 4.06. The lowest BCUT2D eigenvalue weighted by molar-refractivity contribution is -0.118. The van der Waals surface area contributed by atoms with E-state index < -0.39 is 0 Å². The highest BCUT2D eigenvalue weighted by atomic mass is 16.5. The lowest BCUT2D eigenvalue weighted by Crippen LogP contribution is -2.20. The molecular weight excluding hydrogens is 338 g/mol.